The van der Waals surface area contributed by atoms with Gasteiger partial charge in [0, 0.05) is 12.6 Å². The molecule has 1 fully saturated rings. The van der Waals surface area contributed by atoms with Gasteiger partial charge in [0.25, 0.3) is 11.8 Å². The molecule has 1 aliphatic heterocycles. The number of carbonyl (C=O) groups is 2. The van der Waals surface area contributed by atoms with Crippen molar-refractivity contribution in [3.63, 3.8) is 0 Å². The maximum absolute atomic E-state index is 12.4. The molecule has 0 aromatic carbocycles. The van der Waals surface area contributed by atoms with Crippen LogP contribution >= 0.6 is 11.6 Å². The second-order valence-corrected chi connectivity index (χ2v) is 5.85. The van der Waals surface area contributed by atoms with E-state index in [1.807, 2.05) is 26.8 Å². The third kappa shape index (κ3) is 7.97. The van der Waals surface area contributed by atoms with Gasteiger partial charge in [-0.3, -0.25) is 14.7 Å². The number of halogens is 3. The second kappa shape index (κ2) is 12.3. The summed E-state index contributed by atoms with van der Waals surface area (Å²) in [6.45, 7) is 5.60. The van der Waals surface area contributed by atoms with Crippen molar-refractivity contribution in [3.05, 3.63) is 28.5 Å². The maximum atomic E-state index is 12.4. The molecule has 1 amide bonds. The van der Waals surface area contributed by atoms with E-state index in [9.17, 15) is 18.4 Å². The van der Waals surface area contributed by atoms with Gasteiger partial charge in [-0.05, 0) is 19.5 Å². The van der Waals surface area contributed by atoms with Gasteiger partial charge in [-0.1, -0.05) is 32.4 Å². The van der Waals surface area contributed by atoms with Crippen molar-refractivity contribution in [1.29, 1.82) is 5.26 Å². The summed E-state index contributed by atoms with van der Waals surface area (Å²) in [5.74, 6) is -3.01. The van der Waals surface area contributed by atoms with Gasteiger partial charge < -0.3 is 10.1 Å². The number of aldehydes is 1. The highest BCUT2D eigenvalue weighted by molar-refractivity contribution is 6.34. The number of rotatable bonds is 4. The topological polar surface area (TPSA) is 86.1 Å². The molecule has 2 heterocycles. The molecule has 0 spiro atoms. The number of aromatic nitrogens is 1. The average molecular weight is 403 g/mol. The monoisotopic (exact) mass is 402 g/mol. The third-order valence-electron chi connectivity index (χ3n) is 3.54. The minimum absolute atomic E-state index is 0.0149. The summed E-state index contributed by atoms with van der Waals surface area (Å²) in [5.41, 5.74) is 1.03. The quantitative estimate of drug-likeness (QED) is 0.782. The highest BCUT2D eigenvalue weighted by atomic mass is 35.5. The summed E-state index contributed by atoms with van der Waals surface area (Å²) >= 11 is 5.97. The first kappa shape index (κ1) is 24.9. The number of hydrogen-bond donors (Lipinski definition) is 1. The van der Waals surface area contributed by atoms with Gasteiger partial charge in [0.2, 0.25) is 0 Å². The Hall–Kier alpha value is -2.11. The SMILES string of the molecule is CC.CCc1nccc(C(=O)NCC=O)c1Cl.CN1CC(F)(F)CC1C#N. The van der Waals surface area contributed by atoms with Crippen LogP contribution < -0.4 is 5.32 Å². The smallest absolute Gasteiger partial charge is 0.263 e. The van der Waals surface area contributed by atoms with Crippen LogP contribution in [-0.2, 0) is 11.2 Å². The highest BCUT2D eigenvalue weighted by Crippen LogP contribution is 2.30. The predicted molar refractivity (Wildman–Crippen MR) is 100.0 cm³/mol. The molecule has 0 bridgehead atoms. The number of nitrogens with one attached hydrogen (secondary N) is 1. The predicted octanol–water partition coefficient (Wildman–Crippen LogP) is 3.10. The van der Waals surface area contributed by atoms with E-state index >= 15 is 0 Å². The van der Waals surface area contributed by atoms with E-state index in [0.717, 1.165) is 0 Å². The number of hydrogen-bond acceptors (Lipinski definition) is 5. The molecule has 150 valence electrons. The number of alkyl halides is 2. The van der Waals surface area contributed by atoms with Crippen LogP contribution in [0.5, 0.6) is 0 Å². The Kier molecular flexibility index (Phi) is 11.3. The Balaban J connectivity index is 0.000000488. The summed E-state index contributed by atoms with van der Waals surface area (Å²) in [5, 5.41) is 11.1. The van der Waals surface area contributed by atoms with Gasteiger partial charge in [-0.25, -0.2) is 8.78 Å². The largest absolute Gasteiger partial charge is 0.345 e. The van der Waals surface area contributed by atoms with Gasteiger partial charge in [0.15, 0.2) is 0 Å². The van der Waals surface area contributed by atoms with Gasteiger partial charge in [-0.2, -0.15) is 5.26 Å². The molecule has 27 heavy (non-hydrogen) atoms. The summed E-state index contributed by atoms with van der Waals surface area (Å²) < 4.78 is 24.9. The molecule has 6 nitrogen and oxygen atoms in total. The van der Waals surface area contributed by atoms with E-state index in [1.54, 1.807) is 0 Å². The normalized spacial score (nSPS) is 17.5. The van der Waals surface area contributed by atoms with E-state index < -0.39 is 12.0 Å². The standard InChI is InChI=1S/C10H11ClN2O2.C6H8F2N2.C2H6/c1-2-8-9(11)7(3-4-12-8)10(15)13-5-6-14;1-10-4-6(7,8)2-5(10)3-9;1-2/h3-4,6H,2,5H2,1H3,(H,13,15);5H,2,4H2,1H3;1-2H3. The fraction of sp³-hybridized carbons (Fsp3) is 0.556. The zero-order chi connectivity index (χ0) is 21.0. The van der Waals surface area contributed by atoms with Crippen LogP contribution in [0.25, 0.3) is 0 Å². The number of carbonyl (C=O) groups excluding carboxylic acids is 2. The molecule has 1 saturated heterocycles. The Morgan fingerprint density at radius 3 is 2.59 bits per heavy atom. The van der Waals surface area contributed by atoms with Gasteiger partial charge in [0.1, 0.15) is 12.3 Å². The lowest BCUT2D eigenvalue weighted by Crippen LogP contribution is -2.25. The Morgan fingerprint density at radius 2 is 2.19 bits per heavy atom. The van der Waals surface area contributed by atoms with E-state index in [2.05, 4.69) is 10.3 Å². The van der Waals surface area contributed by atoms with Gasteiger partial charge in [-0.15, -0.1) is 0 Å². The third-order valence-corrected chi connectivity index (χ3v) is 3.96. The Labute approximate surface area is 163 Å². The zero-order valence-corrected chi connectivity index (χ0v) is 16.7. The van der Waals surface area contributed by atoms with Crippen molar-refractivity contribution in [1.82, 2.24) is 15.2 Å². The first-order chi connectivity index (χ1) is 12.8. The minimum Gasteiger partial charge on any atom is -0.345 e. The minimum atomic E-state index is -2.66. The van der Waals surface area contributed by atoms with Crippen LogP contribution in [0.4, 0.5) is 8.78 Å². The summed E-state index contributed by atoms with van der Waals surface area (Å²) in [4.78, 5) is 27.0. The summed E-state index contributed by atoms with van der Waals surface area (Å²) in [6, 6.07) is 2.74. The number of pyridine rings is 1. The Morgan fingerprint density at radius 1 is 1.56 bits per heavy atom. The second-order valence-electron chi connectivity index (χ2n) is 5.47. The zero-order valence-electron chi connectivity index (χ0n) is 15.9. The lowest BCUT2D eigenvalue weighted by atomic mass is 10.2. The molecule has 2 rings (SSSR count). The molecular formula is C18H25ClF2N4O2. The van der Waals surface area contributed by atoms with Crippen LogP contribution in [0.3, 0.4) is 0 Å². The molecule has 0 aliphatic carbocycles. The molecule has 0 radical (unpaired) electrons. The Bertz CT molecular complexity index is 665. The van der Waals surface area contributed by atoms with Crippen LogP contribution in [0.1, 0.15) is 43.2 Å². The van der Waals surface area contributed by atoms with E-state index in [-0.39, 0.29) is 25.4 Å². The first-order valence-corrected chi connectivity index (χ1v) is 8.96. The number of aryl methyl sites for hydroxylation is 1. The number of nitrogens with zero attached hydrogens (tertiary/aromatic N) is 3. The molecule has 9 heteroatoms. The van der Waals surface area contributed by atoms with E-state index in [0.29, 0.717) is 29.0 Å². The van der Waals surface area contributed by atoms with Crippen molar-refractivity contribution >= 4 is 23.8 Å². The lowest BCUT2D eigenvalue weighted by molar-refractivity contribution is -0.107. The van der Waals surface area contributed by atoms with Gasteiger partial charge >= 0.3 is 0 Å². The number of nitriles is 1. The number of amides is 1. The van der Waals surface area contributed by atoms with Crippen molar-refractivity contribution in [2.24, 2.45) is 0 Å². The van der Waals surface area contributed by atoms with E-state index in [4.69, 9.17) is 16.9 Å². The van der Waals surface area contributed by atoms with E-state index in [1.165, 1.54) is 24.2 Å². The van der Waals surface area contributed by atoms with Gasteiger partial charge in [0.05, 0.1) is 35.4 Å². The van der Waals surface area contributed by atoms with Crippen LogP contribution in [0, 0.1) is 11.3 Å². The molecule has 1 aliphatic rings. The number of likely N-dealkylation sites (tertiary alicyclic amines) is 1. The average Bonchev–Trinajstić information content (AvgIpc) is 2.93. The van der Waals surface area contributed by atoms with Crippen molar-refractivity contribution in [2.75, 3.05) is 20.1 Å². The maximum Gasteiger partial charge on any atom is 0.263 e. The molecule has 0 saturated carbocycles. The molecule has 1 atom stereocenters. The van der Waals surface area contributed by atoms with Crippen molar-refractivity contribution < 1.29 is 18.4 Å². The van der Waals surface area contributed by atoms with Crippen LogP contribution in [-0.4, -0.2) is 54.2 Å². The molecule has 1 aromatic rings. The first-order valence-electron chi connectivity index (χ1n) is 8.58. The summed E-state index contributed by atoms with van der Waals surface area (Å²) in [7, 11) is 1.54. The summed E-state index contributed by atoms with van der Waals surface area (Å²) in [6.07, 6.45) is 2.49. The van der Waals surface area contributed by atoms with Crippen molar-refractivity contribution in [2.45, 2.75) is 45.6 Å². The highest BCUT2D eigenvalue weighted by Gasteiger charge is 2.43. The lowest BCUT2D eigenvalue weighted by Gasteiger charge is -2.09. The fourth-order valence-corrected chi connectivity index (χ4v) is 2.59. The molecule has 1 unspecified atom stereocenters. The van der Waals surface area contributed by atoms with Crippen LogP contribution in [0.2, 0.25) is 5.02 Å². The molecule has 1 aromatic heterocycles. The van der Waals surface area contributed by atoms with Crippen molar-refractivity contribution in [3.8, 4) is 6.07 Å². The molecular weight excluding hydrogens is 378 g/mol. The van der Waals surface area contributed by atoms with Crippen LogP contribution in [0.15, 0.2) is 12.3 Å². The fourth-order valence-electron chi connectivity index (χ4n) is 2.26. The molecule has 1 N–H and O–H groups in total.